The minimum atomic E-state index is -2.07. The first-order valence-electron chi connectivity index (χ1n) is 37.1. The molecule has 10 aliphatic rings. The molecule has 30 nitrogen and oxygen atoms in total. The molecule has 9 fully saturated rings. The molecule has 5 aliphatic carbocycles. The third-order valence-corrected chi connectivity index (χ3v) is 25.5. The first kappa shape index (κ1) is 81.4. The molecule has 5 aliphatic heterocycles. The summed E-state index contributed by atoms with van der Waals surface area (Å²) in [6, 6.07) is 7.33. The lowest BCUT2D eigenvalue weighted by Crippen LogP contribution is -2.69. The highest BCUT2D eigenvalue weighted by Crippen LogP contribution is 2.75. The standard InChI is InChI=1S/C75H110O30/c1-12-13-26-93-65(92)60-57(90)59(101-66-54(87)50(83)42(80)31-94-66)62(103-68-56(89)53(86)51(84)43(30-76)98-68)70(102-60)99-46-23-24-72(8)44(73(46,9)32-77)22-25-74(10)45(72)20-19-40-38-27-71(6,7)28-39(48(38)41(79)29-75(40,74)11)64(91)105-69-63(104-67-55(88)52(85)49(82)34(3)95-67)61(97-36(5)78)58(35(4)96-69)100-47(81)21-18-37-16-14-33(2)15-17-37/h14-21,32,34-35,38-46,48-63,66-70,76,79-80,82-90H,12-13,22-31H2,1-11H3/b21-18+/t34?,35?,38-,39+,40?,41+,42?,43?,44+,45+,46-,48?,49?,50?,51?,52?,53?,54?,55?,56?,57?,58?,59?,60?,61?,62?,63?,66?,67?,68?,69?,70?,72-,73-,74+,75+/m0/s1. The SMILES string of the molecule is CCCCOC(=O)C1OC(O[C@H]2CC[C@]3(C)[C@H]4C=CC5[C@@H]6CC(C)(C)C[C@@H](C(=O)OC7OC(C)C(OC(=O)/C=C/c8ccc(C)cc8)C(OC(C)=O)C7OC7OC(C)C(O)C(O)C7O)C6[C@H](O)C[C@@]5(C)[C@]4(C)CC[C@H]3[C@]2(C)C=O)C(OC2OC(CO)C(O)C(O)C2O)C(OC2OCC(O)C(O)C2O)C1O. The second-order valence-corrected chi connectivity index (χ2v) is 32.9. The quantitative estimate of drug-likeness (QED) is 0.0164. The number of aliphatic hydroxyl groups excluding tert-OH is 12. The van der Waals surface area contributed by atoms with Gasteiger partial charge in [-0.05, 0) is 129 Å². The summed E-state index contributed by atoms with van der Waals surface area (Å²) in [6.07, 6.45) is -32.3. The molecule has 1 aromatic rings. The molecular weight excluding hydrogens is 1380 g/mol. The number of rotatable bonds is 20. The number of fused-ring (bicyclic) bond motifs is 7. The molecule has 11 rings (SSSR count). The Morgan fingerprint density at radius 3 is 1.90 bits per heavy atom. The van der Waals surface area contributed by atoms with E-state index in [0.717, 1.165) is 18.8 Å². The van der Waals surface area contributed by atoms with E-state index >= 15 is 4.79 Å². The highest BCUT2D eigenvalue weighted by atomic mass is 16.8. The Balaban J connectivity index is 0.872. The summed E-state index contributed by atoms with van der Waals surface area (Å²) in [5.74, 6) is -6.50. The Bertz CT molecular complexity index is 3260. The van der Waals surface area contributed by atoms with E-state index < -0.39 is 242 Å². The van der Waals surface area contributed by atoms with Crippen molar-refractivity contribution in [3.8, 4) is 0 Å². The van der Waals surface area contributed by atoms with Gasteiger partial charge in [-0.25, -0.2) is 9.59 Å². The van der Waals surface area contributed by atoms with E-state index in [1.165, 1.54) is 26.0 Å². The van der Waals surface area contributed by atoms with Crippen LogP contribution in [0.2, 0.25) is 0 Å². The van der Waals surface area contributed by atoms with Gasteiger partial charge in [0.05, 0.1) is 55.6 Å². The molecular formula is C75H110O30. The number of carbonyl (C=O) groups excluding carboxylic acids is 5. The fraction of sp³-hybridized carbons (Fsp3) is 0.800. The number of aldehydes is 1. The van der Waals surface area contributed by atoms with Gasteiger partial charge in [-0.2, -0.15) is 0 Å². The van der Waals surface area contributed by atoms with Crippen molar-refractivity contribution in [2.24, 2.45) is 62.6 Å². The molecule has 590 valence electrons. The summed E-state index contributed by atoms with van der Waals surface area (Å²) in [4.78, 5) is 70.7. The molecule has 30 heteroatoms. The number of aryl methyl sites for hydroxylation is 1. The van der Waals surface area contributed by atoms with Crippen LogP contribution in [0.5, 0.6) is 0 Å². The van der Waals surface area contributed by atoms with Gasteiger partial charge in [0.25, 0.3) is 0 Å². The van der Waals surface area contributed by atoms with Gasteiger partial charge in [0.1, 0.15) is 85.6 Å². The van der Waals surface area contributed by atoms with Crippen LogP contribution < -0.4 is 0 Å². The fourth-order valence-electron chi connectivity index (χ4n) is 19.7. The molecule has 0 aromatic heterocycles. The fourth-order valence-corrected chi connectivity index (χ4v) is 19.7. The number of allylic oxidation sites excluding steroid dienone is 2. The van der Waals surface area contributed by atoms with Crippen molar-refractivity contribution >= 4 is 36.2 Å². The average molecular weight is 1490 g/mol. The van der Waals surface area contributed by atoms with E-state index in [9.17, 15) is 80.5 Å². The monoisotopic (exact) mass is 1490 g/mol. The number of benzene rings is 1. The normalized spacial score (nSPS) is 48.1. The lowest BCUT2D eigenvalue weighted by Gasteiger charge is -2.71. The molecule has 5 heterocycles. The number of aliphatic hydroxyl groups is 12. The van der Waals surface area contributed by atoms with Crippen LogP contribution in [-0.2, 0) is 85.6 Å². The van der Waals surface area contributed by atoms with Crippen LogP contribution >= 0.6 is 0 Å². The molecule has 4 saturated carbocycles. The second-order valence-electron chi connectivity index (χ2n) is 32.9. The third-order valence-electron chi connectivity index (χ3n) is 25.5. The molecule has 0 bridgehead atoms. The summed E-state index contributed by atoms with van der Waals surface area (Å²) in [5, 5.41) is 134. The summed E-state index contributed by atoms with van der Waals surface area (Å²) in [6.45, 7) is 18.8. The van der Waals surface area contributed by atoms with Crippen molar-refractivity contribution < 1.29 is 147 Å². The molecule has 5 saturated heterocycles. The summed E-state index contributed by atoms with van der Waals surface area (Å²) < 4.78 is 79.8. The molecule has 0 radical (unpaired) electrons. The Hall–Kier alpha value is -4.59. The number of esters is 4. The Labute approximate surface area is 610 Å². The molecule has 0 spiro atoms. The largest absolute Gasteiger partial charge is 0.464 e. The van der Waals surface area contributed by atoms with Crippen molar-refractivity contribution in [2.45, 2.75) is 294 Å². The van der Waals surface area contributed by atoms with Gasteiger partial charge >= 0.3 is 23.9 Å². The number of ether oxygens (including phenoxy) is 13. The maximum absolute atomic E-state index is 15.5. The van der Waals surface area contributed by atoms with Gasteiger partial charge in [0.2, 0.25) is 6.29 Å². The van der Waals surface area contributed by atoms with Crippen molar-refractivity contribution in [2.75, 3.05) is 19.8 Å². The van der Waals surface area contributed by atoms with Gasteiger partial charge in [-0.1, -0.05) is 96.9 Å². The number of hydrogen-bond donors (Lipinski definition) is 12. The van der Waals surface area contributed by atoms with Gasteiger partial charge in [0, 0.05) is 18.9 Å². The van der Waals surface area contributed by atoms with Crippen LogP contribution in [0.15, 0.2) is 42.5 Å². The van der Waals surface area contributed by atoms with Crippen LogP contribution in [0.4, 0.5) is 0 Å². The molecule has 26 unspecified atom stereocenters. The molecule has 105 heavy (non-hydrogen) atoms. The predicted molar refractivity (Wildman–Crippen MR) is 361 cm³/mol. The van der Waals surface area contributed by atoms with Crippen molar-refractivity contribution in [1.82, 2.24) is 0 Å². The van der Waals surface area contributed by atoms with Gasteiger partial charge < -0.3 is 128 Å². The van der Waals surface area contributed by atoms with Crippen molar-refractivity contribution in [3.63, 3.8) is 0 Å². The van der Waals surface area contributed by atoms with E-state index in [-0.39, 0.29) is 43.6 Å². The van der Waals surface area contributed by atoms with E-state index in [4.69, 9.17) is 61.6 Å². The lowest BCUT2D eigenvalue weighted by atomic mass is 9.33. The maximum Gasteiger partial charge on any atom is 0.338 e. The zero-order chi connectivity index (χ0) is 76.5. The van der Waals surface area contributed by atoms with E-state index in [1.807, 2.05) is 39.8 Å². The maximum atomic E-state index is 15.5. The topological polar surface area (TPSA) is 448 Å². The molecule has 1 aromatic carbocycles. The minimum absolute atomic E-state index is 0.0919. The summed E-state index contributed by atoms with van der Waals surface area (Å²) in [7, 11) is 0. The Morgan fingerprint density at radius 1 is 0.600 bits per heavy atom. The van der Waals surface area contributed by atoms with Gasteiger partial charge in [-0.15, -0.1) is 0 Å². The van der Waals surface area contributed by atoms with E-state index in [1.54, 1.807) is 19.1 Å². The van der Waals surface area contributed by atoms with Crippen molar-refractivity contribution in [3.05, 3.63) is 53.6 Å². The van der Waals surface area contributed by atoms with Crippen LogP contribution in [0.25, 0.3) is 6.08 Å². The average Bonchev–Trinajstić information content (AvgIpc) is 0.676. The number of unbranched alkanes of at least 4 members (excludes halogenated alkanes) is 1. The van der Waals surface area contributed by atoms with Crippen LogP contribution in [-0.4, -0.2) is 271 Å². The van der Waals surface area contributed by atoms with Crippen LogP contribution in [0, 0.1) is 69.5 Å². The number of hydrogen-bond acceptors (Lipinski definition) is 30. The van der Waals surface area contributed by atoms with E-state index in [0.29, 0.717) is 44.1 Å². The lowest BCUT2D eigenvalue weighted by molar-refractivity contribution is -0.391. The smallest absolute Gasteiger partial charge is 0.338 e. The minimum Gasteiger partial charge on any atom is -0.464 e. The highest BCUT2D eigenvalue weighted by Gasteiger charge is 2.71. The Kier molecular flexibility index (Phi) is 24.8. The number of carbonyl (C=O) groups is 5. The molecule has 12 N–H and O–H groups in total. The molecule has 0 amide bonds. The first-order chi connectivity index (χ1) is 49.4. The molecule has 36 atom stereocenters. The van der Waals surface area contributed by atoms with Gasteiger partial charge in [-0.3, -0.25) is 9.59 Å². The zero-order valence-electron chi connectivity index (χ0n) is 61.4. The highest BCUT2D eigenvalue weighted by molar-refractivity contribution is 5.87. The summed E-state index contributed by atoms with van der Waals surface area (Å²) in [5.41, 5.74) is -2.17. The predicted octanol–water partition coefficient (Wildman–Crippen LogP) is 0.839. The van der Waals surface area contributed by atoms with Crippen LogP contribution in [0.1, 0.15) is 138 Å². The first-order valence-corrected chi connectivity index (χ1v) is 37.1. The zero-order valence-corrected chi connectivity index (χ0v) is 61.4. The second kappa shape index (κ2) is 32.0. The van der Waals surface area contributed by atoms with E-state index in [2.05, 4.69) is 32.9 Å². The third kappa shape index (κ3) is 15.5. The van der Waals surface area contributed by atoms with Crippen molar-refractivity contribution in [1.29, 1.82) is 0 Å². The van der Waals surface area contributed by atoms with Gasteiger partial charge in [0.15, 0.2) is 49.6 Å². The summed E-state index contributed by atoms with van der Waals surface area (Å²) >= 11 is 0. The van der Waals surface area contributed by atoms with Crippen LogP contribution in [0.3, 0.4) is 0 Å². The Morgan fingerprint density at radius 2 is 1.24 bits per heavy atom.